The lowest BCUT2D eigenvalue weighted by Gasteiger charge is -2.18. The smallest absolute Gasteiger partial charge is 0.251 e. The monoisotopic (exact) mass is 362 g/mol. The zero-order chi connectivity index (χ0) is 18.6. The first-order valence-electron chi connectivity index (χ1n) is 7.71. The molecule has 2 aromatic carbocycles. The van der Waals surface area contributed by atoms with Gasteiger partial charge in [0, 0.05) is 18.2 Å². The summed E-state index contributed by atoms with van der Waals surface area (Å²) in [5.41, 5.74) is 1.83. The first-order valence-corrected chi connectivity index (χ1v) is 9.56. The molecule has 1 atom stereocenters. The van der Waals surface area contributed by atoms with Gasteiger partial charge in [-0.25, -0.2) is 8.42 Å². The molecule has 134 valence electrons. The van der Waals surface area contributed by atoms with Gasteiger partial charge in [-0.05, 0) is 37.3 Å². The highest BCUT2D eigenvalue weighted by Crippen LogP contribution is 2.24. The summed E-state index contributed by atoms with van der Waals surface area (Å²) >= 11 is 0. The minimum Gasteiger partial charge on any atom is -0.496 e. The van der Waals surface area contributed by atoms with Gasteiger partial charge in [0.25, 0.3) is 5.91 Å². The molecular weight excluding hydrogens is 340 g/mol. The summed E-state index contributed by atoms with van der Waals surface area (Å²) in [7, 11) is -0.279. The summed E-state index contributed by atoms with van der Waals surface area (Å²) in [6.07, 6.45) is 1.13. The Hall–Kier alpha value is -2.54. The van der Waals surface area contributed by atoms with E-state index in [9.17, 15) is 13.2 Å². The van der Waals surface area contributed by atoms with Gasteiger partial charge in [-0.1, -0.05) is 18.2 Å². The van der Waals surface area contributed by atoms with Gasteiger partial charge in [0.2, 0.25) is 10.0 Å². The van der Waals surface area contributed by atoms with Crippen molar-refractivity contribution in [3.63, 3.8) is 0 Å². The Morgan fingerprint density at radius 1 is 1.12 bits per heavy atom. The van der Waals surface area contributed by atoms with Gasteiger partial charge < -0.3 is 10.1 Å². The van der Waals surface area contributed by atoms with Crippen molar-refractivity contribution in [2.75, 3.05) is 24.7 Å². The Morgan fingerprint density at radius 3 is 2.28 bits per heavy atom. The minimum atomic E-state index is -3.33. The quantitative estimate of drug-likeness (QED) is 0.857. The van der Waals surface area contributed by atoms with Gasteiger partial charge in [-0.2, -0.15) is 0 Å². The van der Waals surface area contributed by atoms with E-state index in [-0.39, 0.29) is 11.9 Å². The number of carbonyl (C=O) groups is 1. The van der Waals surface area contributed by atoms with Crippen LogP contribution in [0.1, 0.15) is 28.9 Å². The number of hydrogen-bond acceptors (Lipinski definition) is 4. The Kier molecular flexibility index (Phi) is 5.69. The van der Waals surface area contributed by atoms with Gasteiger partial charge in [-0.15, -0.1) is 0 Å². The minimum absolute atomic E-state index is 0.234. The Bertz CT molecular complexity index is 848. The molecule has 0 saturated carbocycles. The summed E-state index contributed by atoms with van der Waals surface area (Å²) in [4.78, 5) is 12.4. The van der Waals surface area contributed by atoms with Crippen LogP contribution in [0.15, 0.2) is 48.5 Å². The van der Waals surface area contributed by atoms with Gasteiger partial charge in [-0.3, -0.25) is 9.10 Å². The maximum Gasteiger partial charge on any atom is 0.251 e. The van der Waals surface area contributed by atoms with Crippen LogP contribution in [0.2, 0.25) is 0 Å². The van der Waals surface area contributed by atoms with E-state index in [1.807, 2.05) is 31.2 Å². The molecule has 2 aromatic rings. The number of amides is 1. The molecule has 0 heterocycles. The highest BCUT2D eigenvalue weighted by Gasteiger charge is 2.16. The van der Waals surface area contributed by atoms with Crippen LogP contribution in [0.4, 0.5) is 5.69 Å². The third-order valence-corrected chi connectivity index (χ3v) is 5.15. The fourth-order valence-corrected chi connectivity index (χ4v) is 2.90. The SMILES string of the molecule is COc1ccccc1C(C)NC(=O)c1ccc(N(C)S(C)(=O)=O)cc1. The second kappa shape index (κ2) is 7.57. The third kappa shape index (κ3) is 4.51. The molecule has 6 nitrogen and oxygen atoms in total. The topological polar surface area (TPSA) is 75.7 Å². The molecular formula is C18H22N2O4S. The molecule has 1 amide bonds. The molecule has 0 bridgehead atoms. The number of hydrogen-bond donors (Lipinski definition) is 1. The number of nitrogens with zero attached hydrogens (tertiary/aromatic N) is 1. The summed E-state index contributed by atoms with van der Waals surface area (Å²) in [6.45, 7) is 1.88. The predicted molar refractivity (Wildman–Crippen MR) is 98.6 cm³/mol. The van der Waals surface area contributed by atoms with Crippen LogP contribution in [0.5, 0.6) is 5.75 Å². The fourth-order valence-electron chi connectivity index (χ4n) is 2.40. The number of anilines is 1. The number of benzene rings is 2. The van der Waals surface area contributed by atoms with Gasteiger partial charge >= 0.3 is 0 Å². The Labute approximate surface area is 148 Å². The summed E-state index contributed by atoms with van der Waals surface area (Å²) in [5, 5.41) is 2.92. The summed E-state index contributed by atoms with van der Waals surface area (Å²) < 4.78 is 29.6. The molecule has 0 aliphatic rings. The molecule has 0 radical (unpaired) electrons. The molecule has 0 aliphatic heterocycles. The van der Waals surface area contributed by atoms with Crippen LogP contribution < -0.4 is 14.4 Å². The lowest BCUT2D eigenvalue weighted by Crippen LogP contribution is -2.27. The average molecular weight is 362 g/mol. The fraction of sp³-hybridized carbons (Fsp3) is 0.278. The normalized spacial score (nSPS) is 12.3. The molecule has 25 heavy (non-hydrogen) atoms. The van der Waals surface area contributed by atoms with Crippen molar-refractivity contribution in [2.24, 2.45) is 0 Å². The molecule has 0 spiro atoms. The van der Waals surface area contributed by atoms with Crippen molar-refractivity contribution in [1.82, 2.24) is 5.32 Å². The second-order valence-electron chi connectivity index (χ2n) is 5.71. The van der Waals surface area contributed by atoms with Crippen molar-refractivity contribution in [2.45, 2.75) is 13.0 Å². The maximum absolute atomic E-state index is 12.4. The van der Waals surface area contributed by atoms with Crippen molar-refractivity contribution >= 4 is 21.6 Å². The lowest BCUT2D eigenvalue weighted by molar-refractivity contribution is 0.0939. The number of carbonyl (C=O) groups excluding carboxylic acids is 1. The maximum atomic E-state index is 12.4. The molecule has 1 unspecified atom stereocenters. The molecule has 1 N–H and O–H groups in total. The molecule has 2 rings (SSSR count). The van der Waals surface area contributed by atoms with Crippen molar-refractivity contribution in [3.8, 4) is 5.75 Å². The molecule has 7 heteroatoms. The van der Waals surface area contributed by atoms with E-state index in [4.69, 9.17) is 4.74 Å². The largest absolute Gasteiger partial charge is 0.496 e. The van der Waals surface area contributed by atoms with Crippen LogP contribution in [-0.2, 0) is 10.0 Å². The first kappa shape index (κ1) is 18.8. The molecule has 0 fully saturated rings. The van der Waals surface area contributed by atoms with Crippen molar-refractivity contribution in [1.29, 1.82) is 0 Å². The van der Waals surface area contributed by atoms with E-state index in [1.54, 1.807) is 31.4 Å². The van der Waals surface area contributed by atoms with Crippen LogP contribution >= 0.6 is 0 Å². The molecule has 0 aromatic heterocycles. The van der Waals surface area contributed by atoms with Gasteiger partial charge in [0.15, 0.2) is 0 Å². The Balaban J connectivity index is 2.13. The van der Waals surface area contributed by atoms with E-state index in [0.717, 1.165) is 16.1 Å². The zero-order valence-corrected chi connectivity index (χ0v) is 15.5. The van der Waals surface area contributed by atoms with Crippen molar-refractivity contribution in [3.05, 3.63) is 59.7 Å². The number of para-hydroxylation sites is 1. The van der Waals surface area contributed by atoms with Crippen LogP contribution in [0.3, 0.4) is 0 Å². The zero-order valence-electron chi connectivity index (χ0n) is 14.7. The molecule has 0 saturated heterocycles. The van der Waals surface area contributed by atoms with Crippen LogP contribution in [0.25, 0.3) is 0 Å². The Morgan fingerprint density at radius 2 is 1.72 bits per heavy atom. The van der Waals surface area contributed by atoms with E-state index >= 15 is 0 Å². The highest BCUT2D eigenvalue weighted by atomic mass is 32.2. The van der Waals surface area contributed by atoms with Gasteiger partial charge in [0.1, 0.15) is 5.75 Å². The first-order chi connectivity index (χ1) is 11.7. The molecule has 0 aliphatic carbocycles. The second-order valence-corrected chi connectivity index (χ2v) is 7.73. The number of nitrogens with one attached hydrogen (secondary N) is 1. The number of ether oxygens (including phenoxy) is 1. The predicted octanol–water partition coefficient (Wildman–Crippen LogP) is 2.58. The standard InChI is InChI=1S/C18H22N2O4S/c1-13(16-7-5-6-8-17(16)24-3)19-18(21)14-9-11-15(12-10-14)20(2)25(4,22)23/h5-13H,1-4H3,(H,19,21). The van der Waals surface area contributed by atoms with Crippen molar-refractivity contribution < 1.29 is 17.9 Å². The summed E-state index contributed by atoms with van der Waals surface area (Å²) in [6, 6.07) is 13.7. The number of methoxy groups -OCH3 is 1. The van der Waals surface area contributed by atoms with E-state index in [1.165, 1.54) is 7.05 Å². The summed E-state index contributed by atoms with van der Waals surface area (Å²) in [5.74, 6) is 0.465. The van der Waals surface area contributed by atoms with Crippen LogP contribution in [-0.4, -0.2) is 34.7 Å². The van der Waals surface area contributed by atoms with Gasteiger partial charge in [0.05, 0.1) is 25.1 Å². The highest BCUT2D eigenvalue weighted by molar-refractivity contribution is 7.92. The third-order valence-electron chi connectivity index (χ3n) is 3.94. The number of sulfonamides is 1. The average Bonchev–Trinajstić information content (AvgIpc) is 2.60. The number of rotatable bonds is 6. The van der Waals surface area contributed by atoms with E-state index in [0.29, 0.717) is 17.0 Å². The van der Waals surface area contributed by atoms with E-state index < -0.39 is 10.0 Å². The lowest BCUT2D eigenvalue weighted by atomic mass is 10.1. The van der Waals surface area contributed by atoms with Crippen LogP contribution in [0, 0.1) is 0 Å². The van der Waals surface area contributed by atoms with E-state index in [2.05, 4.69) is 5.32 Å².